The predicted octanol–water partition coefficient (Wildman–Crippen LogP) is 1.65. The number of hydrogen-bond acceptors (Lipinski definition) is 3. The van der Waals surface area contributed by atoms with Crippen molar-refractivity contribution in [2.24, 2.45) is 0 Å². The molecule has 0 aliphatic heterocycles. The van der Waals surface area contributed by atoms with Gasteiger partial charge in [0.05, 0.1) is 18.3 Å². The Balaban J connectivity index is 2.44. The number of aliphatic carboxylic acids is 1. The van der Waals surface area contributed by atoms with Crippen molar-refractivity contribution < 1.29 is 14.7 Å². The highest BCUT2D eigenvalue weighted by Crippen LogP contribution is 2.10. The Morgan fingerprint density at radius 1 is 1.40 bits per heavy atom. The van der Waals surface area contributed by atoms with Gasteiger partial charge in [-0.2, -0.15) is 0 Å². The zero-order valence-electron chi connectivity index (χ0n) is 7.74. The van der Waals surface area contributed by atoms with E-state index in [4.69, 9.17) is 5.11 Å². The highest BCUT2D eigenvalue weighted by atomic mass is 79.9. The number of carbonyl (C=O) groups excluding carboxylic acids is 1. The molecule has 6 heteroatoms. The van der Waals surface area contributed by atoms with Gasteiger partial charge in [0.15, 0.2) is 0 Å². The number of amides is 1. The van der Waals surface area contributed by atoms with Crippen LogP contribution in [0.5, 0.6) is 0 Å². The van der Waals surface area contributed by atoms with Crippen molar-refractivity contribution in [3.8, 4) is 0 Å². The molecule has 1 aromatic rings. The van der Waals surface area contributed by atoms with E-state index in [0.717, 1.165) is 0 Å². The van der Waals surface area contributed by atoms with Crippen LogP contribution >= 0.6 is 15.9 Å². The monoisotopic (exact) mass is 272 g/mol. The molecule has 0 fully saturated rings. The second-order valence-corrected chi connectivity index (χ2v) is 3.62. The molecule has 0 radical (unpaired) electrons. The van der Waals surface area contributed by atoms with E-state index in [0.29, 0.717) is 10.3 Å². The summed E-state index contributed by atoms with van der Waals surface area (Å²) < 4.78 is 0.672. The Morgan fingerprint density at radius 2 is 2.13 bits per heavy atom. The van der Waals surface area contributed by atoms with Gasteiger partial charge < -0.3 is 10.4 Å². The van der Waals surface area contributed by atoms with E-state index < -0.39 is 5.97 Å². The molecule has 5 nitrogen and oxygen atoms in total. The first-order valence-corrected chi connectivity index (χ1v) is 5.00. The first-order valence-electron chi connectivity index (χ1n) is 4.21. The van der Waals surface area contributed by atoms with Crippen molar-refractivity contribution in [2.75, 3.05) is 5.32 Å². The topological polar surface area (TPSA) is 79.3 Å². The van der Waals surface area contributed by atoms with Gasteiger partial charge in [-0.25, -0.2) is 4.98 Å². The smallest absolute Gasteiger partial charge is 0.303 e. The molecule has 0 saturated heterocycles. The number of nitrogens with one attached hydrogen (secondary N) is 1. The third-order valence-electron chi connectivity index (χ3n) is 1.58. The highest BCUT2D eigenvalue weighted by molar-refractivity contribution is 9.10. The van der Waals surface area contributed by atoms with Crippen LogP contribution in [0.4, 0.5) is 5.69 Å². The molecule has 80 valence electrons. The SMILES string of the molecule is O=C(O)CCC(=O)Nc1ccc(Br)nc1. The predicted molar refractivity (Wildman–Crippen MR) is 57.4 cm³/mol. The maximum Gasteiger partial charge on any atom is 0.303 e. The van der Waals surface area contributed by atoms with Crippen LogP contribution in [0, 0.1) is 0 Å². The van der Waals surface area contributed by atoms with Crippen LogP contribution in [0.25, 0.3) is 0 Å². The molecule has 0 unspecified atom stereocenters. The summed E-state index contributed by atoms with van der Waals surface area (Å²) >= 11 is 3.16. The summed E-state index contributed by atoms with van der Waals surface area (Å²) in [5.41, 5.74) is 0.550. The first-order chi connectivity index (χ1) is 7.08. The largest absolute Gasteiger partial charge is 0.481 e. The normalized spacial score (nSPS) is 9.67. The lowest BCUT2D eigenvalue weighted by molar-refractivity contribution is -0.138. The zero-order chi connectivity index (χ0) is 11.3. The number of carboxylic acid groups (broad SMARTS) is 1. The van der Waals surface area contributed by atoms with Crippen LogP contribution in [0.15, 0.2) is 22.9 Å². The van der Waals surface area contributed by atoms with Gasteiger partial charge in [0.25, 0.3) is 0 Å². The maximum absolute atomic E-state index is 11.2. The number of nitrogens with zero attached hydrogens (tertiary/aromatic N) is 1. The minimum absolute atomic E-state index is 0.0363. The van der Waals surface area contributed by atoms with Gasteiger partial charge in [-0.05, 0) is 28.1 Å². The van der Waals surface area contributed by atoms with Gasteiger partial charge >= 0.3 is 5.97 Å². The molecule has 0 atom stereocenters. The number of hydrogen-bond donors (Lipinski definition) is 2. The molecule has 0 aliphatic carbocycles. The molecular formula is C9H9BrN2O3. The first kappa shape index (κ1) is 11.6. The Labute approximate surface area is 94.6 Å². The van der Waals surface area contributed by atoms with Gasteiger partial charge in [0.1, 0.15) is 4.60 Å². The van der Waals surface area contributed by atoms with E-state index in [1.54, 1.807) is 12.1 Å². The van der Waals surface area contributed by atoms with Gasteiger partial charge in [0.2, 0.25) is 5.91 Å². The minimum Gasteiger partial charge on any atom is -0.481 e. The van der Waals surface area contributed by atoms with E-state index in [1.807, 2.05) is 0 Å². The molecular weight excluding hydrogens is 264 g/mol. The lowest BCUT2D eigenvalue weighted by Crippen LogP contribution is -2.13. The van der Waals surface area contributed by atoms with Crippen molar-refractivity contribution in [3.63, 3.8) is 0 Å². The Bertz CT molecular complexity index is 364. The molecule has 0 aromatic carbocycles. The quantitative estimate of drug-likeness (QED) is 0.817. The molecule has 15 heavy (non-hydrogen) atoms. The summed E-state index contributed by atoms with van der Waals surface area (Å²) in [4.78, 5) is 25.3. The fourth-order valence-electron chi connectivity index (χ4n) is 0.894. The number of halogens is 1. The molecule has 1 amide bonds. The average molecular weight is 273 g/mol. The number of pyridine rings is 1. The van der Waals surface area contributed by atoms with Crippen LogP contribution in [0.3, 0.4) is 0 Å². The second kappa shape index (κ2) is 5.45. The van der Waals surface area contributed by atoms with Crippen molar-refractivity contribution >= 4 is 33.5 Å². The van der Waals surface area contributed by atoms with Gasteiger partial charge in [-0.15, -0.1) is 0 Å². The fourth-order valence-corrected chi connectivity index (χ4v) is 1.13. The molecule has 1 heterocycles. The number of anilines is 1. The molecule has 0 aliphatic rings. The summed E-state index contributed by atoms with van der Waals surface area (Å²) in [6, 6.07) is 3.36. The number of rotatable bonds is 4. The van der Waals surface area contributed by atoms with E-state index >= 15 is 0 Å². The maximum atomic E-state index is 11.2. The van der Waals surface area contributed by atoms with Crippen LogP contribution in [-0.4, -0.2) is 22.0 Å². The molecule has 1 rings (SSSR count). The van der Waals surface area contributed by atoms with Gasteiger partial charge in [0, 0.05) is 6.42 Å². The van der Waals surface area contributed by atoms with E-state index in [2.05, 4.69) is 26.2 Å². The Morgan fingerprint density at radius 3 is 2.67 bits per heavy atom. The summed E-state index contributed by atoms with van der Waals surface area (Å²) in [6.07, 6.45) is 1.28. The summed E-state index contributed by atoms with van der Waals surface area (Å²) in [5.74, 6) is -1.32. The lowest BCUT2D eigenvalue weighted by Gasteiger charge is -2.02. The van der Waals surface area contributed by atoms with Crippen LogP contribution in [0.1, 0.15) is 12.8 Å². The van der Waals surface area contributed by atoms with E-state index in [9.17, 15) is 9.59 Å². The third-order valence-corrected chi connectivity index (χ3v) is 2.05. The second-order valence-electron chi connectivity index (χ2n) is 2.81. The lowest BCUT2D eigenvalue weighted by atomic mass is 10.3. The Kier molecular flexibility index (Phi) is 4.23. The van der Waals surface area contributed by atoms with Crippen LogP contribution in [-0.2, 0) is 9.59 Å². The summed E-state index contributed by atoms with van der Waals surface area (Å²) in [6.45, 7) is 0. The van der Waals surface area contributed by atoms with Gasteiger partial charge in [-0.1, -0.05) is 0 Å². The molecule has 0 saturated carbocycles. The highest BCUT2D eigenvalue weighted by Gasteiger charge is 2.05. The molecule has 0 bridgehead atoms. The molecule has 1 aromatic heterocycles. The molecule has 0 spiro atoms. The van der Waals surface area contributed by atoms with Crippen LogP contribution < -0.4 is 5.32 Å². The molecule has 2 N–H and O–H groups in total. The van der Waals surface area contributed by atoms with Crippen LogP contribution in [0.2, 0.25) is 0 Å². The zero-order valence-corrected chi connectivity index (χ0v) is 9.32. The standard InChI is InChI=1S/C9H9BrN2O3/c10-7-2-1-6(5-11-7)12-8(13)3-4-9(14)15/h1-2,5H,3-4H2,(H,12,13)(H,14,15). The van der Waals surface area contributed by atoms with Crippen molar-refractivity contribution in [1.29, 1.82) is 0 Å². The van der Waals surface area contributed by atoms with Crippen molar-refractivity contribution in [1.82, 2.24) is 4.98 Å². The number of carbonyl (C=O) groups is 2. The van der Waals surface area contributed by atoms with Crippen molar-refractivity contribution in [3.05, 3.63) is 22.9 Å². The number of carboxylic acids is 1. The number of aromatic nitrogens is 1. The van der Waals surface area contributed by atoms with Gasteiger partial charge in [-0.3, -0.25) is 9.59 Å². The van der Waals surface area contributed by atoms with E-state index in [-0.39, 0.29) is 18.7 Å². The minimum atomic E-state index is -0.987. The average Bonchev–Trinajstić information content (AvgIpc) is 2.19. The van der Waals surface area contributed by atoms with E-state index in [1.165, 1.54) is 6.20 Å². The fraction of sp³-hybridized carbons (Fsp3) is 0.222. The Hall–Kier alpha value is -1.43. The summed E-state index contributed by atoms with van der Waals surface area (Å²) in [5, 5.41) is 10.9. The third kappa shape index (κ3) is 4.55. The van der Waals surface area contributed by atoms with Crippen molar-refractivity contribution in [2.45, 2.75) is 12.8 Å². The summed E-state index contributed by atoms with van der Waals surface area (Å²) in [7, 11) is 0.